The third kappa shape index (κ3) is 3.79. The number of carbonyl (C=O) groups excluding carboxylic acids is 2. The molecule has 0 heterocycles. The Kier molecular flexibility index (Phi) is 4.60. The molecule has 0 spiro atoms. The summed E-state index contributed by atoms with van der Waals surface area (Å²) in [6.45, 7) is 2.34. The Hall–Kier alpha value is -2.69. The maximum Gasteiger partial charge on any atom is 0.253 e. The highest BCUT2D eigenvalue weighted by molar-refractivity contribution is 6.04. The van der Waals surface area contributed by atoms with E-state index in [1.54, 1.807) is 0 Å². The molecule has 0 bridgehead atoms. The summed E-state index contributed by atoms with van der Waals surface area (Å²) in [5.74, 6) is -0.711. The van der Waals surface area contributed by atoms with Crippen molar-refractivity contribution in [2.24, 2.45) is 11.8 Å². The van der Waals surface area contributed by atoms with E-state index in [0.717, 1.165) is 18.1 Å². The molecule has 2 aromatic carbocycles. The van der Waals surface area contributed by atoms with Gasteiger partial charge in [0.2, 0.25) is 5.91 Å². The maximum absolute atomic E-state index is 13.5. The number of hydrogen-bond donors (Lipinski definition) is 2. The molecule has 0 unspecified atom stereocenters. The second-order valence-corrected chi connectivity index (χ2v) is 6.17. The van der Waals surface area contributed by atoms with Crippen LogP contribution in [0.15, 0.2) is 48.5 Å². The first kappa shape index (κ1) is 16.2. The van der Waals surface area contributed by atoms with Crippen LogP contribution < -0.4 is 10.6 Å². The van der Waals surface area contributed by atoms with E-state index in [1.807, 2.05) is 37.3 Å². The van der Waals surface area contributed by atoms with Crippen LogP contribution in [0.4, 0.5) is 10.1 Å². The minimum absolute atomic E-state index is 0.0183. The predicted molar refractivity (Wildman–Crippen MR) is 89.9 cm³/mol. The molecule has 0 aromatic heterocycles. The van der Waals surface area contributed by atoms with Crippen LogP contribution in [0, 0.1) is 17.7 Å². The monoisotopic (exact) mass is 326 g/mol. The zero-order valence-corrected chi connectivity index (χ0v) is 13.4. The lowest BCUT2D eigenvalue weighted by Gasteiger charge is -2.12. The van der Waals surface area contributed by atoms with Gasteiger partial charge in [-0.15, -0.1) is 0 Å². The smallest absolute Gasteiger partial charge is 0.253 e. The number of benzene rings is 2. The van der Waals surface area contributed by atoms with E-state index in [1.165, 1.54) is 12.1 Å². The Morgan fingerprint density at radius 1 is 1.17 bits per heavy atom. The molecule has 2 N–H and O–H groups in total. The summed E-state index contributed by atoms with van der Waals surface area (Å²) >= 11 is 0. The van der Waals surface area contributed by atoms with Crippen LogP contribution in [-0.2, 0) is 11.3 Å². The number of nitrogens with one attached hydrogen (secondary N) is 2. The normalized spacial score (nSPS) is 18.8. The van der Waals surface area contributed by atoms with Crippen LogP contribution in [0.2, 0.25) is 0 Å². The summed E-state index contributed by atoms with van der Waals surface area (Å²) in [7, 11) is 0. The summed E-state index contributed by atoms with van der Waals surface area (Å²) in [6, 6.07) is 13.2. The fraction of sp³-hybridized carbons (Fsp3) is 0.263. The van der Waals surface area contributed by atoms with E-state index in [4.69, 9.17) is 0 Å². The van der Waals surface area contributed by atoms with Crippen molar-refractivity contribution in [2.75, 3.05) is 5.32 Å². The first-order chi connectivity index (χ1) is 11.5. The first-order valence-electron chi connectivity index (χ1n) is 7.97. The zero-order chi connectivity index (χ0) is 17.1. The molecule has 2 amide bonds. The fourth-order valence-corrected chi connectivity index (χ4v) is 2.60. The average Bonchev–Trinajstić information content (AvgIpc) is 3.32. The molecule has 2 aromatic rings. The molecule has 0 saturated heterocycles. The van der Waals surface area contributed by atoms with E-state index in [-0.39, 0.29) is 17.4 Å². The lowest BCUT2D eigenvalue weighted by Crippen LogP contribution is -2.25. The van der Waals surface area contributed by atoms with Gasteiger partial charge in [-0.2, -0.15) is 0 Å². The zero-order valence-electron chi connectivity index (χ0n) is 13.4. The average molecular weight is 326 g/mol. The number of halogens is 1. The third-order valence-electron chi connectivity index (χ3n) is 4.23. The molecule has 1 aliphatic rings. The highest BCUT2D eigenvalue weighted by Crippen LogP contribution is 2.38. The Morgan fingerprint density at radius 2 is 1.88 bits per heavy atom. The van der Waals surface area contributed by atoms with Crippen LogP contribution in [0.25, 0.3) is 0 Å². The van der Waals surface area contributed by atoms with E-state index in [0.29, 0.717) is 18.2 Å². The molecule has 1 saturated carbocycles. The van der Waals surface area contributed by atoms with E-state index in [2.05, 4.69) is 10.6 Å². The lowest BCUT2D eigenvalue weighted by molar-refractivity contribution is -0.117. The van der Waals surface area contributed by atoms with Gasteiger partial charge in [-0.3, -0.25) is 9.59 Å². The van der Waals surface area contributed by atoms with Crippen molar-refractivity contribution in [3.8, 4) is 0 Å². The van der Waals surface area contributed by atoms with Gasteiger partial charge < -0.3 is 10.6 Å². The molecule has 3 rings (SSSR count). The molecule has 2 atom stereocenters. The van der Waals surface area contributed by atoms with Crippen LogP contribution in [0.3, 0.4) is 0 Å². The summed E-state index contributed by atoms with van der Waals surface area (Å²) in [4.78, 5) is 24.5. The number of rotatable bonds is 5. The van der Waals surface area contributed by atoms with Gasteiger partial charge in [-0.05, 0) is 36.1 Å². The van der Waals surface area contributed by atoms with E-state index < -0.39 is 11.7 Å². The van der Waals surface area contributed by atoms with Crippen molar-refractivity contribution >= 4 is 17.5 Å². The van der Waals surface area contributed by atoms with Crippen LogP contribution in [0.1, 0.15) is 29.3 Å². The predicted octanol–water partition coefficient (Wildman–Crippen LogP) is 3.35. The highest BCUT2D eigenvalue weighted by atomic mass is 19.1. The second-order valence-electron chi connectivity index (χ2n) is 6.17. The fourth-order valence-electron chi connectivity index (χ4n) is 2.60. The maximum atomic E-state index is 13.5. The summed E-state index contributed by atoms with van der Waals surface area (Å²) in [5.41, 5.74) is 1.42. The van der Waals surface area contributed by atoms with Gasteiger partial charge in [0.15, 0.2) is 0 Å². The number of carbonyl (C=O) groups is 2. The number of anilines is 1. The van der Waals surface area contributed by atoms with Gasteiger partial charge in [-0.1, -0.05) is 37.3 Å². The second kappa shape index (κ2) is 6.83. The van der Waals surface area contributed by atoms with Crippen molar-refractivity contribution in [3.63, 3.8) is 0 Å². The summed E-state index contributed by atoms with van der Waals surface area (Å²) < 4.78 is 13.5. The minimum atomic E-state index is -0.516. The van der Waals surface area contributed by atoms with E-state index in [9.17, 15) is 14.0 Å². The standard InChI is InChI=1S/C19H19FN2O2/c1-12-9-15(12)19(24)22-17-8-7-14(20)10-16(17)18(23)21-11-13-5-3-2-4-6-13/h2-8,10,12,15H,9,11H2,1H3,(H,21,23)(H,22,24)/t12-,15-/m0/s1. The van der Waals surface area contributed by atoms with Crippen LogP contribution >= 0.6 is 0 Å². The van der Waals surface area contributed by atoms with Gasteiger partial charge in [0.05, 0.1) is 11.3 Å². The van der Waals surface area contributed by atoms with E-state index >= 15 is 0 Å². The van der Waals surface area contributed by atoms with Crippen molar-refractivity contribution in [2.45, 2.75) is 19.9 Å². The molecule has 4 nitrogen and oxygen atoms in total. The molecular weight excluding hydrogens is 307 g/mol. The quantitative estimate of drug-likeness (QED) is 0.885. The lowest BCUT2D eigenvalue weighted by atomic mass is 10.1. The van der Waals surface area contributed by atoms with Crippen LogP contribution in [-0.4, -0.2) is 11.8 Å². The van der Waals surface area contributed by atoms with Gasteiger partial charge in [0, 0.05) is 12.5 Å². The third-order valence-corrected chi connectivity index (χ3v) is 4.23. The van der Waals surface area contributed by atoms with Crippen molar-refractivity contribution in [1.82, 2.24) is 5.32 Å². The highest BCUT2D eigenvalue weighted by Gasteiger charge is 2.39. The SMILES string of the molecule is C[C@H]1C[C@@H]1C(=O)Nc1ccc(F)cc1C(=O)NCc1ccccc1. The molecule has 24 heavy (non-hydrogen) atoms. The van der Waals surface area contributed by atoms with Crippen molar-refractivity contribution in [1.29, 1.82) is 0 Å². The molecule has 1 fully saturated rings. The Balaban J connectivity index is 1.72. The first-order valence-corrected chi connectivity index (χ1v) is 7.97. The Morgan fingerprint density at radius 3 is 2.54 bits per heavy atom. The minimum Gasteiger partial charge on any atom is -0.348 e. The number of amides is 2. The number of hydrogen-bond acceptors (Lipinski definition) is 2. The van der Waals surface area contributed by atoms with Gasteiger partial charge in [0.25, 0.3) is 5.91 Å². The van der Waals surface area contributed by atoms with Crippen LogP contribution in [0.5, 0.6) is 0 Å². The summed E-state index contributed by atoms with van der Waals surface area (Å²) in [5, 5.41) is 5.50. The largest absolute Gasteiger partial charge is 0.348 e. The molecule has 1 aliphatic carbocycles. The van der Waals surface area contributed by atoms with Gasteiger partial charge >= 0.3 is 0 Å². The molecule has 0 radical (unpaired) electrons. The summed E-state index contributed by atoms with van der Waals surface area (Å²) in [6.07, 6.45) is 0.850. The van der Waals surface area contributed by atoms with Gasteiger partial charge in [0.1, 0.15) is 5.82 Å². The van der Waals surface area contributed by atoms with Crippen molar-refractivity contribution < 1.29 is 14.0 Å². The Bertz CT molecular complexity index is 761. The molecular formula is C19H19FN2O2. The van der Waals surface area contributed by atoms with Gasteiger partial charge in [-0.25, -0.2) is 4.39 Å². The topological polar surface area (TPSA) is 58.2 Å². The Labute approximate surface area is 140 Å². The molecule has 124 valence electrons. The molecule has 5 heteroatoms. The molecule has 0 aliphatic heterocycles. The van der Waals surface area contributed by atoms with Crippen molar-refractivity contribution in [3.05, 3.63) is 65.5 Å².